The van der Waals surface area contributed by atoms with Gasteiger partial charge in [-0.1, -0.05) is 67.1 Å². The fraction of sp³-hybridized carbons (Fsp3) is 0.269. The summed E-state index contributed by atoms with van der Waals surface area (Å²) in [4.78, 5) is 32.8. The number of aromatic nitrogens is 1. The largest absolute Gasteiger partial charge is 0.396 e. The number of amides is 2. The van der Waals surface area contributed by atoms with Gasteiger partial charge in [0.2, 0.25) is 5.91 Å². The number of nitrogens with zero attached hydrogens (tertiary/aromatic N) is 2. The van der Waals surface area contributed by atoms with Gasteiger partial charge in [-0.25, -0.2) is 0 Å². The number of rotatable bonds is 7. The fourth-order valence-electron chi connectivity index (χ4n) is 4.78. The Morgan fingerprint density at radius 2 is 1.79 bits per heavy atom. The molecule has 3 aromatic rings. The third-order valence-electron chi connectivity index (χ3n) is 6.39. The van der Waals surface area contributed by atoms with Crippen molar-refractivity contribution in [2.45, 2.75) is 24.8 Å². The van der Waals surface area contributed by atoms with Crippen LogP contribution in [0.5, 0.6) is 0 Å². The van der Waals surface area contributed by atoms with Gasteiger partial charge in [0, 0.05) is 29.9 Å². The topological polar surface area (TPSA) is 96.5 Å². The third-order valence-corrected chi connectivity index (χ3v) is 6.64. The molecule has 7 heteroatoms. The summed E-state index contributed by atoms with van der Waals surface area (Å²) in [5.74, 6) is -1.01. The van der Waals surface area contributed by atoms with E-state index < -0.39 is 17.4 Å². The van der Waals surface area contributed by atoms with E-state index >= 15 is 0 Å². The molecule has 0 fully saturated rings. The molecule has 1 aliphatic heterocycles. The van der Waals surface area contributed by atoms with E-state index in [2.05, 4.69) is 4.98 Å². The van der Waals surface area contributed by atoms with Crippen LogP contribution >= 0.6 is 11.6 Å². The number of primary amides is 1. The Balaban J connectivity index is 2.07. The normalized spacial score (nSPS) is 20.9. The minimum absolute atomic E-state index is 0.0148. The summed E-state index contributed by atoms with van der Waals surface area (Å²) in [5.41, 5.74) is 7.49. The molecule has 0 saturated carbocycles. The van der Waals surface area contributed by atoms with Crippen molar-refractivity contribution in [3.63, 3.8) is 0 Å². The van der Waals surface area contributed by atoms with E-state index in [1.165, 1.54) is 4.90 Å². The summed E-state index contributed by atoms with van der Waals surface area (Å²) in [5, 5.41) is 10.1. The maximum Gasteiger partial charge on any atom is 0.273 e. The van der Waals surface area contributed by atoms with E-state index in [1.54, 1.807) is 24.4 Å². The second-order valence-electron chi connectivity index (χ2n) is 8.46. The second kappa shape index (κ2) is 9.33. The summed E-state index contributed by atoms with van der Waals surface area (Å²) in [7, 11) is 0. The zero-order chi connectivity index (χ0) is 23.6. The highest BCUT2D eigenvalue weighted by atomic mass is 35.5. The van der Waals surface area contributed by atoms with Crippen molar-refractivity contribution >= 4 is 23.4 Å². The Morgan fingerprint density at radius 3 is 2.42 bits per heavy atom. The Morgan fingerprint density at radius 1 is 1.12 bits per heavy atom. The lowest BCUT2D eigenvalue weighted by Gasteiger charge is -2.49. The first-order valence-electron chi connectivity index (χ1n) is 10.9. The van der Waals surface area contributed by atoms with Gasteiger partial charge in [-0.3, -0.25) is 14.6 Å². The smallest absolute Gasteiger partial charge is 0.273 e. The number of fused-ring (bicyclic) bond motifs is 1. The van der Waals surface area contributed by atoms with Crippen LogP contribution in [-0.4, -0.2) is 46.0 Å². The highest BCUT2D eigenvalue weighted by Crippen LogP contribution is 2.48. The quantitative estimate of drug-likeness (QED) is 0.561. The number of nitrogens with two attached hydrogens (primary N) is 1. The van der Waals surface area contributed by atoms with Crippen LogP contribution in [0.15, 0.2) is 72.9 Å². The third kappa shape index (κ3) is 3.90. The van der Waals surface area contributed by atoms with E-state index in [-0.39, 0.29) is 30.7 Å². The molecule has 0 radical (unpaired) electrons. The molecule has 0 spiro atoms. The monoisotopic (exact) mass is 463 g/mol. The minimum atomic E-state index is -1.09. The molecule has 0 aliphatic carbocycles. The number of carbonyl (C=O) groups is 2. The molecule has 2 heterocycles. The molecule has 170 valence electrons. The highest BCUT2D eigenvalue weighted by Gasteiger charge is 2.56. The van der Waals surface area contributed by atoms with Crippen molar-refractivity contribution in [3.8, 4) is 0 Å². The van der Waals surface area contributed by atoms with Crippen LogP contribution in [0.3, 0.4) is 0 Å². The Kier molecular flexibility index (Phi) is 6.49. The van der Waals surface area contributed by atoms with Crippen LogP contribution in [0.25, 0.3) is 0 Å². The van der Waals surface area contributed by atoms with Gasteiger partial charge in [-0.05, 0) is 41.7 Å². The summed E-state index contributed by atoms with van der Waals surface area (Å²) >= 11 is 6.20. The van der Waals surface area contributed by atoms with E-state index in [0.29, 0.717) is 17.0 Å². The Labute approximate surface area is 198 Å². The number of aliphatic hydroxyl groups excluding tert-OH is 1. The first kappa shape index (κ1) is 23.0. The average Bonchev–Trinajstić information content (AvgIpc) is 2.84. The molecular formula is C26H26ClN3O3. The Bertz CT molecular complexity index is 1150. The second-order valence-corrected chi connectivity index (χ2v) is 8.90. The summed E-state index contributed by atoms with van der Waals surface area (Å²) in [6.45, 7) is 2.13. The van der Waals surface area contributed by atoms with Crippen LogP contribution in [0.2, 0.25) is 5.02 Å². The van der Waals surface area contributed by atoms with Crippen molar-refractivity contribution in [1.29, 1.82) is 0 Å². The molecule has 3 unspecified atom stereocenters. The van der Waals surface area contributed by atoms with Gasteiger partial charge < -0.3 is 15.7 Å². The summed E-state index contributed by atoms with van der Waals surface area (Å²) < 4.78 is 0. The van der Waals surface area contributed by atoms with Crippen LogP contribution < -0.4 is 5.73 Å². The Hall–Kier alpha value is -3.22. The molecule has 3 atom stereocenters. The average molecular weight is 464 g/mol. The lowest BCUT2D eigenvalue weighted by molar-refractivity contribution is -0.124. The number of hydrogen-bond donors (Lipinski definition) is 2. The molecule has 0 bridgehead atoms. The van der Waals surface area contributed by atoms with Gasteiger partial charge in [0.25, 0.3) is 5.91 Å². The standard InChI is InChI=1S/C26H26ClN3O3/c1-17(16-31)13-15-30-23(24(28)32)26(18-6-3-2-4-7-18,19-9-11-20(27)12-10-19)21-8-5-14-29-22(21)25(30)33/h2-12,14,17,23,31H,13,15-16H2,1H3,(H2,28,32). The summed E-state index contributed by atoms with van der Waals surface area (Å²) in [6, 6.07) is 19.4. The van der Waals surface area contributed by atoms with E-state index in [1.807, 2.05) is 55.5 Å². The van der Waals surface area contributed by atoms with Crippen LogP contribution in [0.1, 0.15) is 40.5 Å². The van der Waals surface area contributed by atoms with Crippen LogP contribution in [-0.2, 0) is 10.2 Å². The first-order chi connectivity index (χ1) is 15.9. The van der Waals surface area contributed by atoms with Crippen LogP contribution in [0.4, 0.5) is 0 Å². The fourth-order valence-corrected chi connectivity index (χ4v) is 4.91. The molecular weight excluding hydrogens is 438 g/mol. The SMILES string of the molecule is CC(CO)CCN1C(=O)c2ncccc2C(c2ccccc2)(c2ccc(Cl)cc2)C1C(N)=O. The molecule has 1 aliphatic rings. The van der Waals surface area contributed by atoms with Gasteiger partial charge in [0.05, 0.1) is 5.41 Å². The number of halogens is 1. The molecule has 0 saturated heterocycles. The zero-order valence-electron chi connectivity index (χ0n) is 18.3. The van der Waals surface area contributed by atoms with Gasteiger partial charge in [0.1, 0.15) is 11.7 Å². The van der Waals surface area contributed by atoms with Gasteiger partial charge in [-0.2, -0.15) is 0 Å². The number of pyridine rings is 1. The number of benzene rings is 2. The van der Waals surface area contributed by atoms with Gasteiger partial charge >= 0.3 is 0 Å². The van der Waals surface area contributed by atoms with Crippen molar-refractivity contribution in [1.82, 2.24) is 9.88 Å². The molecule has 3 N–H and O–H groups in total. The predicted molar refractivity (Wildman–Crippen MR) is 127 cm³/mol. The summed E-state index contributed by atoms with van der Waals surface area (Å²) in [6.07, 6.45) is 2.09. The predicted octanol–water partition coefficient (Wildman–Crippen LogP) is 3.40. The lowest BCUT2D eigenvalue weighted by atomic mass is 9.61. The molecule has 4 rings (SSSR count). The van der Waals surface area contributed by atoms with E-state index in [9.17, 15) is 14.7 Å². The maximum atomic E-state index is 13.6. The van der Waals surface area contributed by atoms with E-state index in [0.717, 1.165) is 11.1 Å². The van der Waals surface area contributed by atoms with Crippen molar-refractivity contribution in [2.24, 2.45) is 11.7 Å². The van der Waals surface area contributed by atoms with Gasteiger partial charge in [0.15, 0.2) is 0 Å². The van der Waals surface area contributed by atoms with Crippen molar-refractivity contribution in [3.05, 3.63) is 100 Å². The zero-order valence-corrected chi connectivity index (χ0v) is 19.1. The number of hydrogen-bond acceptors (Lipinski definition) is 4. The molecule has 2 aromatic carbocycles. The highest BCUT2D eigenvalue weighted by molar-refractivity contribution is 6.30. The first-order valence-corrected chi connectivity index (χ1v) is 11.3. The van der Waals surface area contributed by atoms with Gasteiger partial charge in [-0.15, -0.1) is 0 Å². The van der Waals surface area contributed by atoms with Crippen LogP contribution in [0, 0.1) is 5.92 Å². The molecule has 33 heavy (non-hydrogen) atoms. The number of carbonyl (C=O) groups excluding carboxylic acids is 2. The van der Waals surface area contributed by atoms with Crippen molar-refractivity contribution < 1.29 is 14.7 Å². The minimum Gasteiger partial charge on any atom is -0.396 e. The lowest BCUT2D eigenvalue weighted by Crippen LogP contribution is -2.64. The molecule has 1 aromatic heterocycles. The maximum absolute atomic E-state index is 13.6. The molecule has 6 nitrogen and oxygen atoms in total. The molecule has 2 amide bonds. The van der Waals surface area contributed by atoms with E-state index in [4.69, 9.17) is 17.3 Å². The van der Waals surface area contributed by atoms with Crippen molar-refractivity contribution in [2.75, 3.05) is 13.2 Å². The number of aliphatic hydroxyl groups is 1.